The first-order valence-corrected chi connectivity index (χ1v) is 5.09. The number of amides is 2. The first kappa shape index (κ1) is 10.4. The van der Waals surface area contributed by atoms with Crippen molar-refractivity contribution in [1.29, 1.82) is 0 Å². The lowest BCUT2D eigenvalue weighted by Crippen LogP contribution is -2.36. The van der Waals surface area contributed by atoms with Crippen LogP contribution < -0.4 is 11.2 Å². The van der Waals surface area contributed by atoms with Crippen molar-refractivity contribution in [2.45, 2.75) is 31.5 Å². The minimum absolute atomic E-state index is 0.383. The van der Waals surface area contributed by atoms with E-state index in [9.17, 15) is 4.79 Å². The van der Waals surface area contributed by atoms with Crippen molar-refractivity contribution in [3.8, 4) is 0 Å². The fourth-order valence-electron chi connectivity index (χ4n) is 1.95. The van der Waals surface area contributed by atoms with Crippen LogP contribution in [0.3, 0.4) is 0 Å². The molecule has 1 heterocycles. The molecular weight excluding hydrogens is 198 g/mol. The van der Waals surface area contributed by atoms with Gasteiger partial charge in [0.1, 0.15) is 0 Å². The van der Waals surface area contributed by atoms with Crippen LogP contribution in [0.5, 0.6) is 0 Å². The summed E-state index contributed by atoms with van der Waals surface area (Å²) in [6.07, 6.45) is 3.15. The maximum Gasteiger partial charge on any atom is 0.332 e. The molecule has 1 aliphatic carbocycles. The van der Waals surface area contributed by atoms with E-state index in [2.05, 4.69) is 10.5 Å². The van der Waals surface area contributed by atoms with Crippen LogP contribution in [-0.2, 0) is 9.47 Å². The summed E-state index contributed by atoms with van der Waals surface area (Å²) in [6, 6.07) is -0.629. The van der Waals surface area contributed by atoms with E-state index in [4.69, 9.17) is 15.2 Å². The van der Waals surface area contributed by atoms with Gasteiger partial charge in [0.15, 0.2) is 5.79 Å². The Morgan fingerprint density at radius 3 is 2.47 bits per heavy atom. The van der Waals surface area contributed by atoms with Gasteiger partial charge < -0.3 is 15.2 Å². The Kier molecular flexibility index (Phi) is 2.88. The average molecular weight is 213 g/mol. The SMILES string of the molecule is NC(=O)NN=C1CCC2(CC1)OCCO2. The molecule has 1 saturated heterocycles. The second-order valence-electron chi connectivity index (χ2n) is 3.76. The summed E-state index contributed by atoms with van der Waals surface area (Å²) in [7, 11) is 0. The van der Waals surface area contributed by atoms with Crippen LogP contribution in [0.4, 0.5) is 4.79 Å². The smallest absolute Gasteiger partial charge is 0.332 e. The second kappa shape index (κ2) is 4.16. The van der Waals surface area contributed by atoms with E-state index in [0.29, 0.717) is 13.2 Å². The van der Waals surface area contributed by atoms with Gasteiger partial charge in [0.2, 0.25) is 0 Å². The van der Waals surface area contributed by atoms with E-state index in [1.54, 1.807) is 0 Å². The van der Waals surface area contributed by atoms with Crippen LogP contribution in [0.25, 0.3) is 0 Å². The molecule has 6 nitrogen and oxygen atoms in total. The number of carbonyl (C=O) groups excluding carboxylic acids is 1. The Morgan fingerprint density at radius 1 is 1.33 bits per heavy atom. The topological polar surface area (TPSA) is 85.9 Å². The van der Waals surface area contributed by atoms with Gasteiger partial charge in [-0.2, -0.15) is 5.10 Å². The van der Waals surface area contributed by atoms with E-state index in [0.717, 1.165) is 31.4 Å². The minimum Gasteiger partial charge on any atom is -0.350 e. The Balaban J connectivity index is 1.86. The third-order valence-corrected chi connectivity index (χ3v) is 2.73. The molecule has 1 saturated carbocycles. The van der Waals surface area contributed by atoms with Gasteiger partial charge in [-0.25, -0.2) is 10.2 Å². The molecule has 0 aromatic rings. The van der Waals surface area contributed by atoms with E-state index in [1.807, 2.05) is 0 Å². The number of nitrogens with one attached hydrogen (secondary N) is 1. The fourth-order valence-corrected chi connectivity index (χ4v) is 1.95. The van der Waals surface area contributed by atoms with Gasteiger partial charge in [-0.05, 0) is 12.8 Å². The highest BCUT2D eigenvalue weighted by atomic mass is 16.7. The van der Waals surface area contributed by atoms with Crippen LogP contribution in [-0.4, -0.2) is 30.7 Å². The summed E-state index contributed by atoms with van der Waals surface area (Å²) in [6.45, 7) is 1.35. The first-order valence-electron chi connectivity index (χ1n) is 5.09. The molecule has 2 amide bonds. The quantitative estimate of drug-likeness (QED) is 0.615. The zero-order valence-electron chi connectivity index (χ0n) is 8.49. The molecule has 0 aromatic heterocycles. The number of ether oxygens (including phenoxy) is 2. The van der Waals surface area contributed by atoms with Crippen molar-refractivity contribution < 1.29 is 14.3 Å². The number of hydrogen-bond acceptors (Lipinski definition) is 4. The highest BCUT2D eigenvalue weighted by Crippen LogP contribution is 2.34. The van der Waals surface area contributed by atoms with Crippen molar-refractivity contribution in [1.82, 2.24) is 5.43 Å². The van der Waals surface area contributed by atoms with Gasteiger partial charge in [-0.3, -0.25) is 0 Å². The second-order valence-corrected chi connectivity index (χ2v) is 3.76. The normalized spacial score (nSPS) is 24.1. The van der Waals surface area contributed by atoms with Crippen LogP contribution in [0.2, 0.25) is 0 Å². The van der Waals surface area contributed by atoms with Gasteiger partial charge in [0.05, 0.1) is 13.2 Å². The van der Waals surface area contributed by atoms with Crippen LogP contribution in [0.1, 0.15) is 25.7 Å². The summed E-state index contributed by atoms with van der Waals surface area (Å²) in [5.41, 5.74) is 8.10. The van der Waals surface area contributed by atoms with E-state index < -0.39 is 6.03 Å². The highest BCUT2D eigenvalue weighted by molar-refractivity contribution is 5.86. The van der Waals surface area contributed by atoms with Gasteiger partial charge in [-0.15, -0.1) is 0 Å². The number of hydrazone groups is 1. The molecule has 6 heteroatoms. The summed E-state index contributed by atoms with van der Waals surface area (Å²) in [5.74, 6) is -0.383. The molecule has 2 fully saturated rings. The van der Waals surface area contributed by atoms with Crippen molar-refractivity contribution in [2.24, 2.45) is 10.8 Å². The number of rotatable bonds is 1. The zero-order valence-corrected chi connectivity index (χ0v) is 8.49. The lowest BCUT2D eigenvalue weighted by molar-refractivity contribution is -0.167. The molecule has 0 unspecified atom stereocenters. The summed E-state index contributed by atoms with van der Waals surface area (Å²) < 4.78 is 11.1. The number of nitrogens with zero attached hydrogens (tertiary/aromatic N) is 1. The third-order valence-electron chi connectivity index (χ3n) is 2.73. The largest absolute Gasteiger partial charge is 0.350 e. The molecule has 1 aliphatic heterocycles. The Labute approximate surface area is 87.8 Å². The maximum atomic E-state index is 10.4. The maximum absolute atomic E-state index is 10.4. The van der Waals surface area contributed by atoms with Crippen molar-refractivity contribution in [3.63, 3.8) is 0 Å². The van der Waals surface area contributed by atoms with Crippen molar-refractivity contribution in [2.75, 3.05) is 13.2 Å². The number of urea groups is 1. The Hall–Kier alpha value is -1.14. The predicted molar refractivity (Wildman–Crippen MR) is 53.3 cm³/mol. The zero-order chi connectivity index (χ0) is 10.7. The average Bonchev–Trinajstić information content (AvgIpc) is 2.66. The highest BCUT2D eigenvalue weighted by Gasteiger charge is 2.39. The van der Waals surface area contributed by atoms with Gasteiger partial charge in [0.25, 0.3) is 0 Å². The number of primary amides is 1. The molecule has 0 atom stereocenters. The molecule has 15 heavy (non-hydrogen) atoms. The van der Waals surface area contributed by atoms with Crippen molar-refractivity contribution in [3.05, 3.63) is 0 Å². The lowest BCUT2D eigenvalue weighted by Gasteiger charge is -2.31. The molecule has 0 bridgehead atoms. The third kappa shape index (κ3) is 2.45. The van der Waals surface area contributed by atoms with Crippen LogP contribution in [0, 0.1) is 0 Å². The van der Waals surface area contributed by atoms with E-state index in [-0.39, 0.29) is 5.79 Å². The molecule has 84 valence electrons. The molecule has 2 aliphatic rings. The molecule has 3 N–H and O–H groups in total. The molecule has 0 radical (unpaired) electrons. The minimum atomic E-state index is -0.629. The number of nitrogens with two attached hydrogens (primary N) is 1. The Bertz CT molecular complexity index is 272. The van der Waals surface area contributed by atoms with Gasteiger partial charge >= 0.3 is 6.03 Å². The summed E-state index contributed by atoms with van der Waals surface area (Å²) in [4.78, 5) is 10.4. The lowest BCUT2D eigenvalue weighted by atomic mass is 9.92. The fraction of sp³-hybridized carbons (Fsp3) is 0.778. The number of carbonyl (C=O) groups is 1. The molecule has 2 rings (SSSR count). The van der Waals surface area contributed by atoms with E-state index in [1.165, 1.54) is 0 Å². The number of hydrogen-bond donors (Lipinski definition) is 2. The molecule has 0 aromatic carbocycles. The van der Waals surface area contributed by atoms with Crippen LogP contribution >= 0.6 is 0 Å². The van der Waals surface area contributed by atoms with Crippen LogP contribution in [0.15, 0.2) is 5.10 Å². The van der Waals surface area contributed by atoms with E-state index >= 15 is 0 Å². The Morgan fingerprint density at radius 2 is 1.93 bits per heavy atom. The van der Waals surface area contributed by atoms with Gasteiger partial charge in [-0.1, -0.05) is 0 Å². The first-order chi connectivity index (χ1) is 7.20. The van der Waals surface area contributed by atoms with Gasteiger partial charge in [0, 0.05) is 18.6 Å². The predicted octanol–water partition coefficient (Wildman–Crippen LogP) is 0.328. The monoisotopic (exact) mass is 213 g/mol. The standard InChI is InChI=1S/C9H15N3O3/c10-8(13)12-11-7-1-3-9(4-2-7)14-5-6-15-9/h1-6H2,(H3,10,12,13). The summed E-state index contributed by atoms with van der Waals surface area (Å²) in [5, 5.41) is 3.92. The van der Waals surface area contributed by atoms with Crippen molar-refractivity contribution >= 4 is 11.7 Å². The molecular formula is C9H15N3O3. The molecule has 1 spiro atoms. The summed E-state index contributed by atoms with van der Waals surface area (Å²) >= 11 is 0.